The fraction of sp³-hybridized carbons (Fsp3) is 0.857. The number of alkyl halides is 2. The van der Waals surface area contributed by atoms with Gasteiger partial charge >= 0.3 is 0 Å². The molecule has 0 aromatic carbocycles. The second kappa shape index (κ2) is 3.86. The highest BCUT2D eigenvalue weighted by Gasteiger charge is 2.27. The lowest BCUT2D eigenvalue weighted by Gasteiger charge is -2.23. The van der Waals surface area contributed by atoms with Crippen molar-refractivity contribution in [2.24, 2.45) is 5.41 Å². The SMILES string of the molecule is CC(C)(C)C(Br)C(=O)CBr. The number of hydrogen-bond donors (Lipinski definition) is 0. The van der Waals surface area contributed by atoms with Crippen LogP contribution in [0.15, 0.2) is 0 Å². The van der Waals surface area contributed by atoms with Gasteiger partial charge in [-0.3, -0.25) is 4.79 Å². The Morgan fingerprint density at radius 3 is 2.00 bits per heavy atom. The number of carbonyl (C=O) groups is 1. The van der Waals surface area contributed by atoms with E-state index in [1.54, 1.807) is 0 Å². The minimum atomic E-state index is -0.0422. The van der Waals surface area contributed by atoms with Gasteiger partial charge in [0.2, 0.25) is 0 Å². The summed E-state index contributed by atoms with van der Waals surface area (Å²) in [5.41, 5.74) is 0.0187. The Morgan fingerprint density at radius 1 is 1.50 bits per heavy atom. The number of carbonyl (C=O) groups excluding carboxylic acids is 1. The van der Waals surface area contributed by atoms with Crippen LogP contribution in [0.3, 0.4) is 0 Å². The summed E-state index contributed by atoms with van der Waals surface area (Å²) < 4.78 is 0. The van der Waals surface area contributed by atoms with Gasteiger partial charge in [0.25, 0.3) is 0 Å². The molecule has 1 unspecified atom stereocenters. The van der Waals surface area contributed by atoms with E-state index < -0.39 is 0 Å². The van der Waals surface area contributed by atoms with Crippen LogP contribution >= 0.6 is 31.9 Å². The summed E-state index contributed by atoms with van der Waals surface area (Å²) in [6.45, 7) is 6.10. The molecule has 3 heteroatoms. The van der Waals surface area contributed by atoms with Gasteiger partial charge in [0.1, 0.15) is 0 Å². The van der Waals surface area contributed by atoms with Crippen LogP contribution in [0.5, 0.6) is 0 Å². The third kappa shape index (κ3) is 3.15. The molecule has 0 aromatic heterocycles. The molecule has 1 nitrogen and oxygen atoms in total. The van der Waals surface area contributed by atoms with Crippen LogP contribution in [0, 0.1) is 5.41 Å². The first kappa shape index (κ1) is 10.6. The smallest absolute Gasteiger partial charge is 0.157 e. The molecular formula is C7H12Br2O. The zero-order chi connectivity index (χ0) is 8.36. The molecule has 0 bridgehead atoms. The molecule has 0 aliphatic carbocycles. The maximum atomic E-state index is 11.1. The third-order valence-electron chi connectivity index (χ3n) is 1.17. The monoisotopic (exact) mass is 270 g/mol. The molecule has 0 saturated carbocycles. The van der Waals surface area contributed by atoms with Crippen LogP contribution in [0.2, 0.25) is 0 Å². The molecule has 0 spiro atoms. The first-order valence-corrected chi connectivity index (χ1v) is 5.16. The van der Waals surface area contributed by atoms with E-state index >= 15 is 0 Å². The summed E-state index contributed by atoms with van der Waals surface area (Å²) in [5, 5.41) is 0.431. The molecule has 0 aliphatic rings. The Bertz CT molecular complexity index is 126. The Labute approximate surface area is 78.8 Å². The van der Waals surface area contributed by atoms with Gasteiger partial charge < -0.3 is 0 Å². The predicted octanol–water partition coefficient (Wildman–Crippen LogP) is 2.76. The van der Waals surface area contributed by atoms with Gasteiger partial charge in [0.15, 0.2) is 5.78 Å². The minimum absolute atomic E-state index is 0.0187. The van der Waals surface area contributed by atoms with Crippen molar-refractivity contribution in [3.8, 4) is 0 Å². The average Bonchev–Trinajstić information content (AvgIpc) is 1.83. The Balaban J connectivity index is 4.08. The maximum absolute atomic E-state index is 11.1. The topological polar surface area (TPSA) is 17.1 Å². The van der Waals surface area contributed by atoms with Gasteiger partial charge in [-0.25, -0.2) is 0 Å². The summed E-state index contributed by atoms with van der Waals surface area (Å²) in [5.74, 6) is 0.201. The molecule has 0 fully saturated rings. The summed E-state index contributed by atoms with van der Waals surface area (Å²) in [6, 6.07) is 0. The molecule has 0 saturated heterocycles. The highest BCUT2D eigenvalue weighted by Crippen LogP contribution is 2.26. The molecule has 0 aromatic rings. The van der Waals surface area contributed by atoms with E-state index in [-0.39, 0.29) is 16.0 Å². The van der Waals surface area contributed by atoms with Gasteiger partial charge in [0.05, 0.1) is 10.2 Å². The summed E-state index contributed by atoms with van der Waals surface area (Å²) in [4.78, 5) is 11.0. The molecule has 0 rings (SSSR count). The lowest BCUT2D eigenvalue weighted by atomic mass is 9.90. The number of halogens is 2. The van der Waals surface area contributed by atoms with E-state index in [0.29, 0.717) is 5.33 Å². The Morgan fingerprint density at radius 2 is 1.90 bits per heavy atom. The number of hydrogen-bond acceptors (Lipinski definition) is 1. The minimum Gasteiger partial charge on any atom is -0.297 e. The molecule has 0 radical (unpaired) electrons. The lowest BCUT2D eigenvalue weighted by molar-refractivity contribution is -0.117. The van der Waals surface area contributed by atoms with Crippen LogP contribution < -0.4 is 0 Å². The van der Waals surface area contributed by atoms with Gasteiger partial charge in [-0.15, -0.1) is 0 Å². The molecule has 60 valence electrons. The van der Waals surface area contributed by atoms with Crippen LogP contribution in [0.25, 0.3) is 0 Å². The quantitative estimate of drug-likeness (QED) is 0.706. The van der Waals surface area contributed by atoms with E-state index in [2.05, 4.69) is 31.9 Å². The fourth-order valence-corrected chi connectivity index (χ4v) is 1.47. The molecule has 1 atom stereocenters. The maximum Gasteiger partial charge on any atom is 0.157 e. The Kier molecular flexibility index (Phi) is 4.10. The number of ketones is 1. The van der Waals surface area contributed by atoms with Gasteiger partial charge in [-0.05, 0) is 5.41 Å². The van der Waals surface area contributed by atoms with Crippen LogP contribution in [-0.4, -0.2) is 15.9 Å². The molecule has 10 heavy (non-hydrogen) atoms. The van der Waals surface area contributed by atoms with Gasteiger partial charge in [0, 0.05) is 0 Å². The molecule has 0 heterocycles. The summed E-state index contributed by atoms with van der Waals surface area (Å²) in [6.07, 6.45) is 0. The van der Waals surface area contributed by atoms with Crippen molar-refractivity contribution in [2.45, 2.75) is 25.6 Å². The van der Waals surface area contributed by atoms with E-state index in [9.17, 15) is 4.79 Å². The predicted molar refractivity (Wildman–Crippen MR) is 51.0 cm³/mol. The number of Topliss-reactive ketones (excluding diaryl/α,β-unsaturated/α-hetero) is 1. The van der Waals surface area contributed by atoms with Crippen molar-refractivity contribution in [1.29, 1.82) is 0 Å². The molecule has 0 N–H and O–H groups in total. The van der Waals surface area contributed by atoms with Crippen LogP contribution in [0.4, 0.5) is 0 Å². The molecular weight excluding hydrogens is 260 g/mol. The Hall–Kier alpha value is 0.630. The van der Waals surface area contributed by atoms with Crippen LogP contribution in [-0.2, 0) is 4.79 Å². The first-order chi connectivity index (χ1) is 4.39. The van der Waals surface area contributed by atoms with Crippen LogP contribution in [0.1, 0.15) is 20.8 Å². The summed E-state index contributed by atoms with van der Waals surface area (Å²) >= 11 is 6.47. The first-order valence-electron chi connectivity index (χ1n) is 3.12. The third-order valence-corrected chi connectivity index (χ3v) is 3.61. The zero-order valence-electron chi connectivity index (χ0n) is 6.45. The molecule has 0 amide bonds. The highest BCUT2D eigenvalue weighted by atomic mass is 79.9. The standard InChI is InChI=1S/C7H12Br2O/c1-7(2,3)6(9)5(10)4-8/h6H,4H2,1-3H3. The van der Waals surface area contributed by atoms with Crippen molar-refractivity contribution < 1.29 is 4.79 Å². The van der Waals surface area contributed by atoms with E-state index in [0.717, 1.165) is 0 Å². The average molecular weight is 272 g/mol. The van der Waals surface area contributed by atoms with Crippen molar-refractivity contribution in [3.05, 3.63) is 0 Å². The van der Waals surface area contributed by atoms with Gasteiger partial charge in [-0.2, -0.15) is 0 Å². The van der Waals surface area contributed by atoms with Gasteiger partial charge in [-0.1, -0.05) is 52.6 Å². The van der Waals surface area contributed by atoms with Crippen molar-refractivity contribution >= 4 is 37.6 Å². The summed E-state index contributed by atoms with van der Waals surface area (Å²) in [7, 11) is 0. The van der Waals surface area contributed by atoms with Crippen molar-refractivity contribution in [3.63, 3.8) is 0 Å². The zero-order valence-corrected chi connectivity index (χ0v) is 9.62. The number of rotatable bonds is 2. The van der Waals surface area contributed by atoms with Crippen molar-refractivity contribution in [1.82, 2.24) is 0 Å². The van der Waals surface area contributed by atoms with E-state index in [1.165, 1.54) is 0 Å². The normalized spacial score (nSPS) is 14.9. The lowest BCUT2D eigenvalue weighted by Crippen LogP contribution is -2.29. The van der Waals surface area contributed by atoms with E-state index in [4.69, 9.17) is 0 Å². The van der Waals surface area contributed by atoms with Crippen molar-refractivity contribution in [2.75, 3.05) is 5.33 Å². The molecule has 0 aliphatic heterocycles. The van der Waals surface area contributed by atoms with E-state index in [1.807, 2.05) is 20.8 Å². The largest absolute Gasteiger partial charge is 0.297 e. The second-order valence-corrected chi connectivity index (χ2v) is 4.80. The fourth-order valence-electron chi connectivity index (χ4n) is 0.551. The highest BCUT2D eigenvalue weighted by molar-refractivity contribution is 9.10. The second-order valence-electron chi connectivity index (χ2n) is 3.33.